The van der Waals surface area contributed by atoms with Crippen molar-refractivity contribution in [2.45, 2.75) is 6.18 Å². The van der Waals surface area contributed by atoms with Crippen LogP contribution in [-0.4, -0.2) is 9.97 Å². The van der Waals surface area contributed by atoms with E-state index in [-0.39, 0.29) is 5.75 Å². The van der Waals surface area contributed by atoms with Crippen molar-refractivity contribution in [3.05, 3.63) is 40.2 Å². The highest BCUT2D eigenvalue weighted by Crippen LogP contribution is 2.32. The van der Waals surface area contributed by atoms with Gasteiger partial charge in [-0.15, -0.1) is 0 Å². The molecule has 1 aromatic heterocycles. The van der Waals surface area contributed by atoms with Crippen LogP contribution in [0, 0.1) is 5.82 Å². The number of nitrogens with one attached hydrogen (secondary N) is 1. The van der Waals surface area contributed by atoms with E-state index < -0.39 is 29.5 Å². The standard InChI is InChI=1S/C11H7BrF4N4O/c12-5-1-2-7(6(13)3-5)21-9-4-8(11(14,15)16)18-10(19-9)20-17/h1-4H,17H2,(H,18,19,20). The number of halogens is 5. The molecule has 2 aromatic rings. The molecule has 3 N–H and O–H groups in total. The molecule has 0 aliphatic heterocycles. The fourth-order valence-corrected chi connectivity index (χ4v) is 1.69. The van der Waals surface area contributed by atoms with E-state index in [1.54, 1.807) is 0 Å². The van der Waals surface area contributed by atoms with Crippen molar-refractivity contribution in [3.8, 4) is 11.6 Å². The molecule has 0 spiro atoms. The summed E-state index contributed by atoms with van der Waals surface area (Å²) in [7, 11) is 0. The molecule has 0 aliphatic rings. The number of nitrogens with two attached hydrogens (primary N) is 1. The minimum atomic E-state index is -4.72. The highest BCUT2D eigenvalue weighted by Gasteiger charge is 2.34. The van der Waals surface area contributed by atoms with Crippen LogP contribution in [0.15, 0.2) is 28.7 Å². The van der Waals surface area contributed by atoms with E-state index in [9.17, 15) is 17.6 Å². The minimum Gasteiger partial charge on any atom is -0.436 e. The van der Waals surface area contributed by atoms with Crippen molar-refractivity contribution in [2.75, 3.05) is 5.43 Å². The fraction of sp³-hybridized carbons (Fsp3) is 0.0909. The molecule has 0 bridgehead atoms. The second kappa shape index (κ2) is 5.82. The number of rotatable bonds is 3. The summed E-state index contributed by atoms with van der Waals surface area (Å²) in [5.74, 6) is 2.95. The number of nitrogens with zero attached hydrogens (tertiary/aromatic N) is 2. The molecule has 0 aliphatic carbocycles. The summed E-state index contributed by atoms with van der Waals surface area (Å²) < 4.78 is 57.0. The Kier molecular flexibility index (Phi) is 4.28. The van der Waals surface area contributed by atoms with Crippen molar-refractivity contribution in [1.82, 2.24) is 9.97 Å². The molecular formula is C11H7BrF4N4O. The second-order valence-electron chi connectivity index (χ2n) is 3.73. The van der Waals surface area contributed by atoms with Gasteiger partial charge < -0.3 is 4.74 Å². The van der Waals surface area contributed by atoms with Gasteiger partial charge in [0.15, 0.2) is 17.3 Å². The zero-order valence-electron chi connectivity index (χ0n) is 10.1. The monoisotopic (exact) mass is 366 g/mol. The second-order valence-corrected chi connectivity index (χ2v) is 4.65. The SMILES string of the molecule is NNc1nc(Oc2ccc(Br)cc2F)cc(C(F)(F)F)n1. The quantitative estimate of drug-likeness (QED) is 0.494. The zero-order chi connectivity index (χ0) is 15.6. The molecule has 21 heavy (non-hydrogen) atoms. The molecule has 0 unspecified atom stereocenters. The topological polar surface area (TPSA) is 73.1 Å². The van der Waals surface area contributed by atoms with E-state index >= 15 is 0 Å². The van der Waals surface area contributed by atoms with Gasteiger partial charge in [-0.3, -0.25) is 5.43 Å². The third kappa shape index (κ3) is 3.79. The summed E-state index contributed by atoms with van der Waals surface area (Å²) in [5, 5.41) is 0. The maximum Gasteiger partial charge on any atom is 0.433 e. The van der Waals surface area contributed by atoms with Crippen molar-refractivity contribution in [3.63, 3.8) is 0 Å². The van der Waals surface area contributed by atoms with Crippen LogP contribution >= 0.6 is 15.9 Å². The summed E-state index contributed by atoms with van der Waals surface area (Å²) >= 11 is 3.05. The van der Waals surface area contributed by atoms with Gasteiger partial charge >= 0.3 is 6.18 Å². The molecule has 0 fully saturated rings. The highest BCUT2D eigenvalue weighted by molar-refractivity contribution is 9.10. The van der Waals surface area contributed by atoms with Crippen LogP contribution in [0.4, 0.5) is 23.5 Å². The lowest BCUT2D eigenvalue weighted by molar-refractivity contribution is -0.141. The predicted molar refractivity (Wildman–Crippen MR) is 69.0 cm³/mol. The summed E-state index contributed by atoms with van der Waals surface area (Å²) in [5.41, 5.74) is 0.620. The number of nitrogen functional groups attached to an aromatic ring is 1. The van der Waals surface area contributed by atoms with Crippen molar-refractivity contribution >= 4 is 21.9 Å². The first-order chi connectivity index (χ1) is 9.79. The minimum absolute atomic E-state index is 0.284. The first-order valence-electron chi connectivity index (χ1n) is 5.35. The number of benzene rings is 1. The zero-order valence-corrected chi connectivity index (χ0v) is 11.7. The maximum absolute atomic E-state index is 13.6. The average molecular weight is 367 g/mol. The average Bonchev–Trinajstić information content (AvgIpc) is 2.40. The Morgan fingerprint density at radius 2 is 1.90 bits per heavy atom. The fourth-order valence-electron chi connectivity index (χ4n) is 1.36. The summed E-state index contributed by atoms with van der Waals surface area (Å²) in [6.45, 7) is 0. The van der Waals surface area contributed by atoms with Crippen LogP contribution in [-0.2, 0) is 6.18 Å². The highest BCUT2D eigenvalue weighted by atomic mass is 79.9. The van der Waals surface area contributed by atoms with Crippen LogP contribution in [0.2, 0.25) is 0 Å². The normalized spacial score (nSPS) is 11.3. The van der Waals surface area contributed by atoms with Crippen LogP contribution in [0.5, 0.6) is 11.6 Å². The van der Waals surface area contributed by atoms with Crippen molar-refractivity contribution in [1.29, 1.82) is 0 Å². The van der Waals surface area contributed by atoms with Gasteiger partial charge in [-0.1, -0.05) is 15.9 Å². The largest absolute Gasteiger partial charge is 0.436 e. The molecule has 10 heteroatoms. The number of ether oxygens (including phenoxy) is 1. The third-order valence-corrected chi connectivity index (χ3v) is 2.72. The molecule has 0 atom stereocenters. The molecule has 1 aromatic carbocycles. The van der Waals surface area contributed by atoms with Gasteiger partial charge in [0.05, 0.1) is 0 Å². The van der Waals surface area contributed by atoms with Gasteiger partial charge in [-0.2, -0.15) is 18.2 Å². The van der Waals surface area contributed by atoms with Crippen molar-refractivity contribution in [2.24, 2.45) is 5.84 Å². The number of hydrazine groups is 1. The number of alkyl halides is 3. The van der Waals surface area contributed by atoms with E-state index in [0.717, 1.165) is 6.07 Å². The first kappa shape index (κ1) is 15.4. The van der Waals surface area contributed by atoms with E-state index in [0.29, 0.717) is 10.5 Å². The van der Waals surface area contributed by atoms with E-state index in [1.165, 1.54) is 12.1 Å². The van der Waals surface area contributed by atoms with E-state index in [4.69, 9.17) is 10.6 Å². The molecule has 0 amide bonds. The lowest BCUT2D eigenvalue weighted by Crippen LogP contribution is -2.15. The molecule has 2 rings (SSSR count). The van der Waals surface area contributed by atoms with Gasteiger partial charge in [-0.05, 0) is 18.2 Å². The molecule has 5 nitrogen and oxygen atoms in total. The van der Waals surface area contributed by atoms with Gasteiger partial charge in [-0.25, -0.2) is 15.2 Å². The Morgan fingerprint density at radius 1 is 1.19 bits per heavy atom. The summed E-state index contributed by atoms with van der Waals surface area (Å²) in [6.07, 6.45) is -4.72. The Labute approximate surface area is 124 Å². The lowest BCUT2D eigenvalue weighted by Gasteiger charge is -2.11. The Bertz CT molecular complexity index is 665. The third-order valence-electron chi connectivity index (χ3n) is 2.23. The van der Waals surface area contributed by atoms with Gasteiger partial charge in [0.2, 0.25) is 11.8 Å². The number of hydrogen-bond acceptors (Lipinski definition) is 5. The molecule has 0 radical (unpaired) electrons. The van der Waals surface area contributed by atoms with Crippen LogP contribution < -0.4 is 16.0 Å². The van der Waals surface area contributed by atoms with Crippen LogP contribution in [0.3, 0.4) is 0 Å². The molecule has 1 heterocycles. The predicted octanol–water partition coefficient (Wildman–Crippen LogP) is 3.47. The Hall–Kier alpha value is -1.94. The maximum atomic E-state index is 13.6. The number of hydrogen-bond donors (Lipinski definition) is 2. The van der Waals surface area contributed by atoms with Crippen LogP contribution in [0.1, 0.15) is 5.69 Å². The van der Waals surface area contributed by atoms with Gasteiger partial charge in [0, 0.05) is 10.5 Å². The number of aromatic nitrogens is 2. The lowest BCUT2D eigenvalue weighted by atomic mass is 10.3. The molecule has 0 saturated carbocycles. The molecular weight excluding hydrogens is 360 g/mol. The molecule has 112 valence electrons. The molecule has 0 saturated heterocycles. The van der Waals surface area contributed by atoms with Gasteiger partial charge in [0.25, 0.3) is 0 Å². The summed E-state index contributed by atoms with van der Waals surface area (Å²) in [4.78, 5) is 6.72. The smallest absolute Gasteiger partial charge is 0.433 e. The van der Waals surface area contributed by atoms with Gasteiger partial charge in [0.1, 0.15) is 0 Å². The van der Waals surface area contributed by atoms with Crippen LogP contribution in [0.25, 0.3) is 0 Å². The first-order valence-corrected chi connectivity index (χ1v) is 6.14. The van der Waals surface area contributed by atoms with Crippen molar-refractivity contribution < 1.29 is 22.3 Å². The van der Waals surface area contributed by atoms with E-state index in [2.05, 4.69) is 25.9 Å². The Balaban J connectivity index is 2.39. The number of anilines is 1. The Morgan fingerprint density at radius 3 is 2.48 bits per heavy atom. The summed E-state index contributed by atoms with van der Waals surface area (Å²) in [6, 6.07) is 4.35. The van der Waals surface area contributed by atoms with E-state index in [1.807, 2.05) is 5.43 Å².